The zero-order valence-electron chi connectivity index (χ0n) is 18.0. The Balaban J connectivity index is 1.37. The molecule has 0 unspecified atom stereocenters. The highest BCUT2D eigenvalue weighted by molar-refractivity contribution is 6.13. The molecule has 32 heavy (non-hydrogen) atoms. The largest absolute Gasteiger partial charge is 0.324 e. The van der Waals surface area contributed by atoms with E-state index in [1.54, 1.807) is 17.0 Å². The zero-order valence-corrected chi connectivity index (χ0v) is 18.0. The van der Waals surface area contributed by atoms with Crippen LogP contribution < -0.4 is 10.2 Å². The van der Waals surface area contributed by atoms with E-state index in [0.29, 0.717) is 12.0 Å². The predicted octanol–water partition coefficient (Wildman–Crippen LogP) is 4.49. The van der Waals surface area contributed by atoms with E-state index in [-0.39, 0.29) is 11.8 Å². The molecule has 5 nitrogen and oxygen atoms in total. The first-order valence-corrected chi connectivity index (χ1v) is 11.3. The minimum Gasteiger partial charge on any atom is -0.324 e. The Kier molecular flexibility index (Phi) is 5.73. The number of amides is 2. The molecule has 0 aliphatic carbocycles. The molecule has 0 spiro atoms. The van der Waals surface area contributed by atoms with Crippen LogP contribution in [0.3, 0.4) is 0 Å². The van der Waals surface area contributed by atoms with Crippen molar-refractivity contribution in [3.8, 4) is 0 Å². The number of carbonyl (C=O) groups excluding carboxylic acids is 2. The molecule has 2 heterocycles. The highest BCUT2D eigenvalue weighted by atomic mass is 16.2. The highest BCUT2D eigenvalue weighted by Crippen LogP contribution is 2.34. The minimum absolute atomic E-state index is 0.154. The molecular formula is C27H27N3O2. The van der Waals surface area contributed by atoms with E-state index in [1.807, 2.05) is 60.7 Å². The number of rotatable bonds is 5. The predicted molar refractivity (Wildman–Crippen MR) is 127 cm³/mol. The van der Waals surface area contributed by atoms with E-state index < -0.39 is 6.04 Å². The fourth-order valence-electron chi connectivity index (χ4n) is 4.74. The Labute approximate surface area is 188 Å². The van der Waals surface area contributed by atoms with E-state index in [9.17, 15) is 9.59 Å². The number of anilines is 2. The molecule has 5 heteroatoms. The van der Waals surface area contributed by atoms with Gasteiger partial charge in [0.15, 0.2) is 0 Å². The first-order chi connectivity index (χ1) is 15.7. The topological polar surface area (TPSA) is 52.7 Å². The normalized spacial score (nSPS) is 17.9. The average molecular weight is 426 g/mol. The number of hydrogen-bond donors (Lipinski definition) is 1. The zero-order chi connectivity index (χ0) is 21.9. The molecule has 2 amide bonds. The lowest BCUT2D eigenvalue weighted by Gasteiger charge is -2.25. The summed E-state index contributed by atoms with van der Waals surface area (Å²) in [6, 6.07) is 24.4. The molecule has 5 rings (SSSR count). The Morgan fingerprint density at radius 2 is 1.62 bits per heavy atom. The summed E-state index contributed by atoms with van der Waals surface area (Å²) < 4.78 is 0. The van der Waals surface area contributed by atoms with Crippen molar-refractivity contribution in [2.24, 2.45) is 0 Å². The van der Waals surface area contributed by atoms with Crippen molar-refractivity contribution in [1.29, 1.82) is 0 Å². The van der Waals surface area contributed by atoms with Crippen molar-refractivity contribution in [2.75, 3.05) is 23.3 Å². The molecule has 3 aromatic carbocycles. The Bertz CT molecular complexity index is 1120. The second-order valence-corrected chi connectivity index (χ2v) is 8.56. The molecule has 2 aliphatic rings. The van der Waals surface area contributed by atoms with Gasteiger partial charge in [-0.15, -0.1) is 0 Å². The van der Waals surface area contributed by atoms with Gasteiger partial charge < -0.3 is 5.32 Å². The fourth-order valence-corrected chi connectivity index (χ4v) is 4.74. The van der Waals surface area contributed by atoms with E-state index in [0.717, 1.165) is 36.6 Å². The molecule has 2 aliphatic heterocycles. The number of likely N-dealkylation sites (tertiary alicyclic amines) is 1. The second-order valence-electron chi connectivity index (χ2n) is 8.56. The monoisotopic (exact) mass is 425 g/mol. The number of nitrogens with one attached hydrogen (secondary N) is 1. The van der Waals surface area contributed by atoms with Crippen LogP contribution in [-0.2, 0) is 17.8 Å². The fraction of sp³-hybridized carbons (Fsp3) is 0.259. The molecule has 162 valence electrons. The summed E-state index contributed by atoms with van der Waals surface area (Å²) >= 11 is 0. The number of para-hydroxylation sites is 1. The van der Waals surface area contributed by atoms with Crippen molar-refractivity contribution in [1.82, 2.24) is 4.90 Å². The first-order valence-electron chi connectivity index (χ1n) is 11.3. The third-order valence-electron chi connectivity index (χ3n) is 6.32. The molecule has 1 N–H and O–H groups in total. The van der Waals surface area contributed by atoms with Crippen LogP contribution in [0, 0.1) is 0 Å². The summed E-state index contributed by atoms with van der Waals surface area (Å²) in [6.07, 6.45) is 3.02. The molecule has 0 bridgehead atoms. The minimum atomic E-state index is -0.581. The lowest BCUT2D eigenvalue weighted by molar-refractivity contribution is -0.117. The average Bonchev–Trinajstić information content (AvgIpc) is 3.47. The van der Waals surface area contributed by atoms with E-state index >= 15 is 0 Å². The maximum atomic E-state index is 13.4. The van der Waals surface area contributed by atoms with Crippen LogP contribution in [0.4, 0.5) is 11.4 Å². The van der Waals surface area contributed by atoms with Gasteiger partial charge in [0, 0.05) is 29.9 Å². The van der Waals surface area contributed by atoms with Crippen molar-refractivity contribution in [3.63, 3.8) is 0 Å². The molecule has 1 fully saturated rings. The molecule has 0 aromatic heterocycles. The third-order valence-corrected chi connectivity index (χ3v) is 6.32. The van der Waals surface area contributed by atoms with Gasteiger partial charge in [-0.1, -0.05) is 48.5 Å². The molecule has 1 atom stereocenters. The van der Waals surface area contributed by atoms with Crippen LogP contribution in [0.25, 0.3) is 0 Å². The van der Waals surface area contributed by atoms with E-state index in [4.69, 9.17) is 0 Å². The van der Waals surface area contributed by atoms with Gasteiger partial charge in [0.25, 0.3) is 5.91 Å². The lowest BCUT2D eigenvalue weighted by Crippen LogP contribution is -2.45. The van der Waals surface area contributed by atoms with Crippen molar-refractivity contribution in [3.05, 3.63) is 95.6 Å². The van der Waals surface area contributed by atoms with Gasteiger partial charge in [-0.25, -0.2) is 0 Å². The van der Waals surface area contributed by atoms with Gasteiger partial charge in [0.05, 0.1) is 0 Å². The number of benzene rings is 3. The van der Waals surface area contributed by atoms with Gasteiger partial charge in [-0.3, -0.25) is 19.4 Å². The van der Waals surface area contributed by atoms with Crippen LogP contribution in [0.1, 0.15) is 34.3 Å². The van der Waals surface area contributed by atoms with Crippen LogP contribution in [0.2, 0.25) is 0 Å². The number of fused-ring (bicyclic) bond motifs is 1. The van der Waals surface area contributed by atoms with Gasteiger partial charge in [0.1, 0.15) is 6.04 Å². The summed E-state index contributed by atoms with van der Waals surface area (Å²) in [5, 5.41) is 3.07. The van der Waals surface area contributed by atoms with E-state index in [1.165, 1.54) is 18.4 Å². The van der Waals surface area contributed by atoms with Crippen LogP contribution in [0.15, 0.2) is 78.9 Å². The quantitative estimate of drug-likeness (QED) is 0.655. The molecular weight excluding hydrogens is 398 g/mol. The molecule has 3 aromatic rings. The number of carbonyl (C=O) groups is 2. The highest BCUT2D eigenvalue weighted by Gasteiger charge is 2.38. The summed E-state index contributed by atoms with van der Waals surface area (Å²) in [5.41, 5.74) is 4.37. The lowest BCUT2D eigenvalue weighted by atomic mass is 10.1. The standard InChI is InChI=1S/C27H27N3O2/c31-26(28-23-13-8-9-20(17-23)19-29-15-6-7-16-29)25-18-22-12-4-5-14-24(22)30(25)27(32)21-10-2-1-3-11-21/h1-5,8-14,17,25H,6-7,15-16,18-19H2,(H,28,31)/t25-/m0/s1. The maximum Gasteiger partial charge on any atom is 0.259 e. The van der Waals surface area contributed by atoms with Crippen molar-refractivity contribution >= 4 is 23.2 Å². The van der Waals surface area contributed by atoms with Crippen LogP contribution in [0.5, 0.6) is 0 Å². The smallest absolute Gasteiger partial charge is 0.259 e. The summed E-state index contributed by atoms with van der Waals surface area (Å²) in [5.74, 6) is -0.317. The van der Waals surface area contributed by atoms with Gasteiger partial charge >= 0.3 is 0 Å². The SMILES string of the molecule is O=C(Nc1cccc(CN2CCCC2)c1)[C@@H]1Cc2ccccc2N1C(=O)c1ccccc1. The van der Waals surface area contributed by atoms with Gasteiger partial charge in [0.2, 0.25) is 5.91 Å². The van der Waals surface area contributed by atoms with E-state index in [2.05, 4.69) is 16.3 Å². The number of nitrogens with zero attached hydrogens (tertiary/aromatic N) is 2. The first kappa shape index (κ1) is 20.5. The maximum absolute atomic E-state index is 13.4. The van der Waals surface area contributed by atoms with Crippen molar-refractivity contribution < 1.29 is 9.59 Å². The van der Waals surface area contributed by atoms with Crippen LogP contribution in [-0.4, -0.2) is 35.8 Å². The van der Waals surface area contributed by atoms with Gasteiger partial charge in [-0.05, 0) is 67.4 Å². The molecule has 0 radical (unpaired) electrons. The summed E-state index contributed by atoms with van der Waals surface area (Å²) in [6.45, 7) is 3.16. The summed E-state index contributed by atoms with van der Waals surface area (Å²) in [4.78, 5) is 30.8. The summed E-state index contributed by atoms with van der Waals surface area (Å²) in [7, 11) is 0. The molecule has 1 saturated heterocycles. The third kappa shape index (κ3) is 4.16. The molecule has 0 saturated carbocycles. The van der Waals surface area contributed by atoms with Gasteiger partial charge in [-0.2, -0.15) is 0 Å². The Morgan fingerprint density at radius 1 is 0.875 bits per heavy atom. The second kappa shape index (κ2) is 8.97. The Hall–Kier alpha value is -3.44. The number of hydrogen-bond acceptors (Lipinski definition) is 3. The Morgan fingerprint density at radius 3 is 2.44 bits per heavy atom. The van der Waals surface area contributed by atoms with Crippen molar-refractivity contribution in [2.45, 2.75) is 31.8 Å². The van der Waals surface area contributed by atoms with Crippen LogP contribution >= 0.6 is 0 Å².